The number of nitrogens with two attached hydrogens (primary N) is 1. The Morgan fingerprint density at radius 2 is 1.75 bits per heavy atom. The molecule has 20 heavy (non-hydrogen) atoms. The summed E-state index contributed by atoms with van der Waals surface area (Å²) in [6.45, 7) is 2.26. The molecule has 0 aromatic heterocycles. The monoisotopic (exact) mass is 277 g/mol. The van der Waals surface area contributed by atoms with Crippen molar-refractivity contribution in [2.45, 2.75) is 70.8 Å². The molecule has 2 heteroatoms. The Bertz CT molecular complexity index is 351. The Labute approximate surface area is 124 Å². The predicted octanol–water partition coefficient (Wildman–Crippen LogP) is 4.71. The summed E-state index contributed by atoms with van der Waals surface area (Å²) >= 11 is 0. The zero-order chi connectivity index (χ0) is 14.6. The van der Waals surface area contributed by atoms with Gasteiger partial charge in [0.05, 0.1) is 7.11 Å². The molecule has 0 radical (unpaired) electrons. The standard InChI is InChI=1S/C18H31NO/c1-3-4-5-6-7-8-9-12-17(19)14-16-11-10-13-18(15-16)20-2/h10-11,13,15,17H,3-9,12,14,19H2,1-2H3. The molecule has 1 atom stereocenters. The number of hydrogen-bond acceptors (Lipinski definition) is 2. The molecule has 0 aliphatic carbocycles. The van der Waals surface area contributed by atoms with Crippen LogP contribution in [0.15, 0.2) is 24.3 Å². The summed E-state index contributed by atoms with van der Waals surface area (Å²) in [5.41, 5.74) is 7.50. The van der Waals surface area contributed by atoms with Gasteiger partial charge in [0.15, 0.2) is 0 Å². The highest BCUT2D eigenvalue weighted by Crippen LogP contribution is 2.15. The average Bonchev–Trinajstić information content (AvgIpc) is 2.46. The normalized spacial score (nSPS) is 12.3. The second kappa shape index (κ2) is 10.7. The third-order valence-electron chi connectivity index (χ3n) is 3.81. The van der Waals surface area contributed by atoms with Gasteiger partial charge >= 0.3 is 0 Å². The second-order valence-corrected chi connectivity index (χ2v) is 5.73. The molecule has 1 aromatic rings. The lowest BCUT2D eigenvalue weighted by Gasteiger charge is -2.12. The van der Waals surface area contributed by atoms with Crippen molar-refractivity contribution in [1.29, 1.82) is 0 Å². The predicted molar refractivity (Wildman–Crippen MR) is 87.3 cm³/mol. The van der Waals surface area contributed by atoms with Crippen LogP contribution < -0.4 is 10.5 Å². The van der Waals surface area contributed by atoms with Crippen molar-refractivity contribution in [2.24, 2.45) is 5.73 Å². The summed E-state index contributed by atoms with van der Waals surface area (Å²) in [5, 5.41) is 0. The molecular formula is C18H31NO. The van der Waals surface area contributed by atoms with Crippen molar-refractivity contribution in [3.8, 4) is 5.75 Å². The highest BCUT2D eigenvalue weighted by molar-refractivity contribution is 5.28. The first kappa shape index (κ1) is 17.0. The molecule has 2 nitrogen and oxygen atoms in total. The van der Waals surface area contributed by atoms with Crippen LogP contribution in [0.5, 0.6) is 5.75 Å². The smallest absolute Gasteiger partial charge is 0.119 e. The summed E-state index contributed by atoms with van der Waals surface area (Å²) in [7, 11) is 1.71. The van der Waals surface area contributed by atoms with Gasteiger partial charge in [0.1, 0.15) is 5.75 Å². The van der Waals surface area contributed by atoms with Crippen molar-refractivity contribution in [1.82, 2.24) is 0 Å². The first-order valence-corrected chi connectivity index (χ1v) is 8.14. The number of hydrogen-bond donors (Lipinski definition) is 1. The SMILES string of the molecule is CCCCCCCCCC(N)Cc1cccc(OC)c1. The highest BCUT2D eigenvalue weighted by atomic mass is 16.5. The van der Waals surface area contributed by atoms with Crippen LogP contribution in [0, 0.1) is 0 Å². The highest BCUT2D eigenvalue weighted by Gasteiger charge is 2.05. The number of ether oxygens (including phenoxy) is 1. The van der Waals surface area contributed by atoms with Crippen LogP contribution in [0.4, 0.5) is 0 Å². The van der Waals surface area contributed by atoms with Crippen LogP contribution in [0.25, 0.3) is 0 Å². The molecule has 1 rings (SSSR count). The van der Waals surface area contributed by atoms with E-state index in [0.29, 0.717) is 0 Å². The molecule has 0 aliphatic heterocycles. The molecule has 2 N–H and O–H groups in total. The van der Waals surface area contributed by atoms with Gasteiger partial charge in [-0.1, -0.05) is 64.0 Å². The van der Waals surface area contributed by atoms with E-state index in [9.17, 15) is 0 Å². The van der Waals surface area contributed by atoms with Crippen molar-refractivity contribution in [3.63, 3.8) is 0 Å². The lowest BCUT2D eigenvalue weighted by atomic mass is 10.00. The first-order valence-electron chi connectivity index (χ1n) is 8.14. The summed E-state index contributed by atoms with van der Waals surface area (Å²) < 4.78 is 5.24. The fourth-order valence-corrected chi connectivity index (χ4v) is 2.57. The van der Waals surface area contributed by atoms with Crippen molar-refractivity contribution in [3.05, 3.63) is 29.8 Å². The van der Waals surface area contributed by atoms with E-state index < -0.39 is 0 Å². The van der Waals surface area contributed by atoms with Gasteiger partial charge in [0.2, 0.25) is 0 Å². The molecule has 0 fully saturated rings. The number of benzene rings is 1. The molecule has 0 amide bonds. The van der Waals surface area contributed by atoms with Crippen LogP contribution in [0.2, 0.25) is 0 Å². The quantitative estimate of drug-likeness (QED) is 0.595. The molecule has 0 saturated heterocycles. The van der Waals surface area contributed by atoms with E-state index in [0.717, 1.165) is 18.6 Å². The van der Waals surface area contributed by atoms with Gasteiger partial charge in [0, 0.05) is 6.04 Å². The summed E-state index contributed by atoms with van der Waals surface area (Å²) in [4.78, 5) is 0. The average molecular weight is 277 g/mol. The maximum absolute atomic E-state index is 6.22. The lowest BCUT2D eigenvalue weighted by molar-refractivity contribution is 0.414. The minimum absolute atomic E-state index is 0.276. The van der Waals surface area contributed by atoms with E-state index in [2.05, 4.69) is 19.1 Å². The Hall–Kier alpha value is -1.02. The van der Waals surface area contributed by atoms with Crippen molar-refractivity contribution in [2.75, 3.05) is 7.11 Å². The Kier molecular flexibility index (Phi) is 9.14. The van der Waals surface area contributed by atoms with Crippen LogP contribution >= 0.6 is 0 Å². The van der Waals surface area contributed by atoms with Crippen LogP contribution in [0.3, 0.4) is 0 Å². The molecule has 1 aromatic carbocycles. The van der Waals surface area contributed by atoms with E-state index in [1.54, 1.807) is 7.11 Å². The largest absolute Gasteiger partial charge is 0.497 e. The van der Waals surface area contributed by atoms with Crippen LogP contribution in [-0.4, -0.2) is 13.2 Å². The third-order valence-corrected chi connectivity index (χ3v) is 3.81. The van der Waals surface area contributed by atoms with Crippen molar-refractivity contribution < 1.29 is 4.74 Å². The Morgan fingerprint density at radius 3 is 2.45 bits per heavy atom. The fraction of sp³-hybridized carbons (Fsp3) is 0.667. The lowest BCUT2D eigenvalue weighted by Crippen LogP contribution is -2.22. The van der Waals surface area contributed by atoms with Gasteiger partial charge in [-0.2, -0.15) is 0 Å². The molecule has 0 aliphatic rings. The minimum Gasteiger partial charge on any atom is -0.497 e. The van der Waals surface area contributed by atoms with Gasteiger partial charge < -0.3 is 10.5 Å². The zero-order valence-corrected chi connectivity index (χ0v) is 13.2. The van der Waals surface area contributed by atoms with E-state index in [1.807, 2.05) is 12.1 Å². The molecular weight excluding hydrogens is 246 g/mol. The van der Waals surface area contributed by atoms with E-state index in [4.69, 9.17) is 10.5 Å². The number of unbranched alkanes of at least 4 members (excludes halogenated alkanes) is 6. The van der Waals surface area contributed by atoms with Crippen LogP contribution in [-0.2, 0) is 6.42 Å². The molecule has 1 unspecified atom stereocenters. The third kappa shape index (κ3) is 7.54. The minimum atomic E-state index is 0.276. The van der Waals surface area contributed by atoms with E-state index in [1.165, 1.54) is 50.5 Å². The fourth-order valence-electron chi connectivity index (χ4n) is 2.57. The summed E-state index contributed by atoms with van der Waals surface area (Å²) in [5.74, 6) is 0.922. The molecule has 0 heterocycles. The van der Waals surface area contributed by atoms with E-state index >= 15 is 0 Å². The van der Waals surface area contributed by atoms with Gasteiger partial charge in [0.25, 0.3) is 0 Å². The number of methoxy groups -OCH3 is 1. The Morgan fingerprint density at radius 1 is 1.05 bits per heavy atom. The maximum Gasteiger partial charge on any atom is 0.119 e. The Balaban J connectivity index is 2.12. The van der Waals surface area contributed by atoms with Gasteiger partial charge in [-0.25, -0.2) is 0 Å². The van der Waals surface area contributed by atoms with E-state index in [-0.39, 0.29) is 6.04 Å². The van der Waals surface area contributed by atoms with Crippen molar-refractivity contribution >= 4 is 0 Å². The molecule has 114 valence electrons. The molecule has 0 bridgehead atoms. The first-order chi connectivity index (χ1) is 9.76. The topological polar surface area (TPSA) is 35.2 Å². The maximum atomic E-state index is 6.22. The molecule has 0 saturated carbocycles. The van der Waals surface area contributed by atoms with Gasteiger partial charge in [-0.15, -0.1) is 0 Å². The molecule has 0 spiro atoms. The number of rotatable bonds is 11. The second-order valence-electron chi connectivity index (χ2n) is 5.73. The summed E-state index contributed by atoms with van der Waals surface area (Å²) in [6, 6.07) is 8.51. The van der Waals surface area contributed by atoms with Gasteiger partial charge in [-0.05, 0) is 30.5 Å². The van der Waals surface area contributed by atoms with Gasteiger partial charge in [-0.3, -0.25) is 0 Å². The zero-order valence-electron chi connectivity index (χ0n) is 13.2. The summed E-state index contributed by atoms with van der Waals surface area (Å²) in [6.07, 6.45) is 11.5. The van der Waals surface area contributed by atoms with Crippen LogP contribution in [0.1, 0.15) is 63.9 Å².